The third-order valence-electron chi connectivity index (χ3n) is 2.22. The van der Waals surface area contributed by atoms with Gasteiger partial charge in [0.25, 0.3) is 0 Å². The van der Waals surface area contributed by atoms with Crippen molar-refractivity contribution in [2.75, 3.05) is 11.9 Å². The molecule has 0 aliphatic carbocycles. The van der Waals surface area contributed by atoms with E-state index in [4.69, 9.17) is 5.11 Å². The Kier molecular flexibility index (Phi) is 5.10. The van der Waals surface area contributed by atoms with Gasteiger partial charge in [-0.2, -0.15) is 0 Å². The van der Waals surface area contributed by atoms with Gasteiger partial charge >= 0.3 is 12.0 Å². The zero-order valence-corrected chi connectivity index (χ0v) is 10.00. The molecule has 0 saturated carbocycles. The summed E-state index contributed by atoms with van der Waals surface area (Å²) < 4.78 is 13.3. The fourth-order valence-corrected chi connectivity index (χ4v) is 1.34. The van der Waals surface area contributed by atoms with Crippen molar-refractivity contribution in [3.05, 3.63) is 29.6 Å². The number of hydrogen-bond acceptors (Lipinski definition) is 2. The molecule has 3 N–H and O–H groups in total. The van der Waals surface area contributed by atoms with Gasteiger partial charge in [-0.05, 0) is 31.0 Å². The number of halogens is 1. The molecule has 0 radical (unpaired) electrons. The molecule has 0 atom stereocenters. The van der Waals surface area contributed by atoms with E-state index < -0.39 is 17.8 Å². The molecule has 1 aromatic rings. The summed E-state index contributed by atoms with van der Waals surface area (Å²) in [5.41, 5.74) is 0.934. The lowest BCUT2D eigenvalue weighted by Gasteiger charge is -2.08. The van der Waals surface area contributed by atoms with Crippen LogP contribution in [-0.4, -0.2) is 23.7 Å². The minimum Gasteiger partial charge on any atom is -0.481 e. The van der Waals surface area contributed by atoms with Crippen LogP contribution in [0.2, 0.25) is 0 Å². The lowest BCUT2D eigenvalue weighted by molar-refractivity contribution is -0.137. The molecule has 0 spiro atoms. The molecule has 0 heterocycles. The number of hydrogen-bond donors (Lipinski definition) is 3. The van der Waals surface area contributed by atoms with Gasteiger partial charge in [-0.15, -0.1) is 0 Å². The van der Waals surface area contributed by atoms with Crippen LogP contribution in [0, 0.1) is 12.7 Å². The van der Waals surface area contributed by atoms with E-state index in [0.717, 1.165) is 5.56 Å². The highest BCUT2D eigenvalue weighted by Crippen LogP contribution is 2.15. The molecule has 0 fully saturated rings. The van der Waals surface area contributed by atoms with E-state index in [1.54, 1.807) is 13.0 Å². The first-order valence-corrected chi connectivity index (χ1v) is 5.52. The number of anilines is 1. The van der Waals surface area contributed by atoms with Gasteiger partial charge in [-0.1, -0.05) is 6.07 Å². The normalized spacial score (nSPS) is 9.89. The topological polar surface area (TPSA) is 78.4 Å². The molecule has 18 heavy (non-hydrogen) atoms. The van der Waals surface area contributed by atoms with E-state index in [0.29, 0.717) is 6.42 Å². The zero-order chi connectivity index (χ0) is 13.5. The highest BCUT2D eigenvalue weighted by atomic mass is 19.1. The highest BCUT2D eigenvalue weighted by molar-refractivity contribution is 5.89. The van der Waals surface area contributed by atoms with Crippen molar-refractivity contribution >= 4 is 17.7 Å². The summed E-state index contributed by atoms with van der Waals surface area (Å²) in [5, 5.41) is 13.2. The van der Waals surface area contributed by atoms with Crippen molar-refractivity contribution in [2.45, 2.75) is 19.8 Å². The van der Waals surface area contributed by atoms with Crippen molar-refractivity contribution in [1.29, 1.82) is 0 Å². The van der Waals surface area contributed by atoms with Crippen LogP contribution in [0.25, 0.3) is 0 Å². The lowest BCUT2D eigenvalue weighted by Crippen LogP contribution is -2.30. The number of rotatable bonds is 5. The maximum absolute atomic E-state index is 13.3. The average Bonchev–Trinajstić information content (AvgIpc) is 2.29. The number of nitrogens with one attached hydrogen (secondary N) is 2. The highest BCUT2D eigenvalue weighted by Gasteiger charge is 2.06. The zero-order valence-electron chi connectivity index (χ0n) is 10.00. The molecule has 0 aromatic heterocycles. The molecular formula is C12H15FN2O3. The third kappa shape index (κ3) is 4.82. The Bertz CT molecular complexity index is 449. The van der Waals surface area contributed by atoms with Gasteiger partial charge in [0.05, 0.1) is 5.69 Å². The second-order valence-corrected chi connectivity index (χ2v) is 3.86. The van der Waals surface area contributed by atoms with Crippen LogP contribution in [0.5, 0.6) is 0 Å². The second-order valence-electron chi connectivity index (χ2n) is 3.86. The predicted octanol–water partition coefficient (Wildman–Crippen LogP) is 2.12. The van der Waals surface area contributed by atoms with Gasteiger partial charge < -0.3 is 15.7 Å². The first-order valence-electron chi connectivity index (χ1n) is 5.52. The number of carbonyl (C=O) groups excluding carboxylic acids is 1. The SMILES string of the molecule is Cc1ccc(F)c(NC(=O)NCCCC(=O)O)c1. The molecular weight excluding hydrogens is 239 g/mol. The largest absolute Gasteiger partial charge is 0.481 e. The van der Waals surface area contributed by atoms with E-state index in [1.165, 1.54) is 12.1 Å². The van der Waals surface area contributed by atoms with Gasteiger partial charge in [0, 0.05) is 13.0 Å². The van der Waals surface area contributed by atoms with Gasteiger partial charge in [0.15, 0.2) is 0 Å². The van der Waals surface area contributed by atoms with E-state index in [-0.39, 0.29) is 18.7 Å². The molecule has 0 aliphatic heterocycles. The minimum atomic E-state index is -0.915. The van der Waals surface area contributed by atoms with Crippen LogP contribution in [0.15, 0.2) is 18.2 Å². The second kappa shape index (κ2) is 6.58. The van der Waals surface area contributed by atoms with Gasteiger partial charge in [-0.25, -0.2) is 9.18 Å². The minimum absolute atomic E-state index is 0.0148. The van der Waals surface area contributed by atoms with Crippen LogP contribution in [0.1, 0.15) is 18.4 Å². The fourth-order valence-electron chi connectivity index (χ4n) is 1.34. The van der Waals surface area contributed by atoms with E-state index in [1.807, 2.05) is 0 Å². The molecule has 5 nitrogen and oxygen atoms in total. The Morgan fingerprint density at radius 2 is 2.11 bits per heavy atom. The van der Waals surface area contributed by atoms with E-state index >= 15 is 0 Å². The molecule has 1 aromatic carbocycles. The van der Waals surface area contributed by atoms with E-state index in [2.05, 4.69) is 10.6 Å². The number of aliphatic carboxylic acids is 1. The number of carboxylic acid groups (broad SMARTS) is 1. The smallest absolute Gasteiger partial charge is 0.319 e. The van der Waals surface area contributed by atoms with Crippen molar-refractivity contribution < 1.29 is 19.1 Å². The number of carboxylic acids is 1. The summed E-state index contributed by atoms with van der Waals surface area (Å²) in [7, 11) is 0. The third-order valence-corrected chi connectivity index (χ3v) is 2.22. The molecule has 6 heteroatoms. The first-order chi connectivity index (χ1) is 8.49. The Morgan fingerprint density at radius 1 is 1.39 bits per heavy atom. The quantitative estimate of drug-likeness (QED) is 0.704. The monoisotopic (exact) mass is 254 g/mol. The van der Waals surface area contributed by atoms with Crippen LogP contribution in [0.3, 0.4) is 0 Å². The van der Waals surface area contributed by atoms with Crippen LogP contribution < -0.4 is 10.6 Å². The number of amides is 2. The first kappa shape index (κ1) is 14.0. The molecule has 98 valence electrons. The Hall–Kier alpha value is -2.11. The standard InChI is InChI=1S/C12H15FN2O3/c1-8-4-5-9(13)10(7-8)15-12(18)14-6-2-3-11(16)17/h4-5,7H,2-3,6H2,1H3,(H,16,17)(H2,14,15,18). The summed E-state index contributed by atoms with van der Waals surface area (Å²) >= 11 is 0. The summed E-state index contributed by atoms with van der Waals surface area (Å²) in [6, 6.07) is 3.84. The van der Waals surface area contributed by atoms with Gasteiger partial charge in [0.2, 0.25) is 0 Å². The fraction of sp³-hybridized carbons (Fsp3) is 0.333. The van der Waals surface area contributed by atoms with Crippen LogP contribution >= 0.6 is 0 Å². The van der Waals surface area contributed by atoms with Crippen molar-refractivity contribution in [1.82, 2.24) is 5.32 Å². The summed E-state index contributed by atoms with van der Waals surface area (Å²) in [4.78, 5) is 21.6. The maximum Gasteiger partial charge on any atom is 0.319 e. The summed E-state index contributed by atoms with van der Waals surface area (Å²) in [5.74, 6) is -1.43. The molecule has 0 aliphatic rings. The lowest BCUT2D eigenvalue weighted by atomic mass is 10.2. The van der Waals surface area contributed by atoms with Crippen molar-refractivity contribution in [2.24, 2.45) is 0 Å². The van der Waals surface area contributed by atoms with Gasteiger partial charge in [-0.3, -0.25) is 4.79 Å². The molecule has 0 saturated heterocycles. The number of urea groups is 1. The predicted molar refractivity (Wildman–Crippen MR) is 65.0 cm³/mol. The van der Waals surface area contributed by atoms with Crippen molar-refractivity contribution in [3.8, 4) is 0 Å². The summed E-state index contributed by atoms with van der Waals surface area (Å²) in [6.07, 6.45) is 0.318. The molecule has 1 rings (SSSR count). The number of benzene rings is 1. The Balaban J connectivity index is 2.40. The number of aryl methyl sites for hydroxylation is 1. The van der Waals surface area contributed by atoms with Gasteiger partial charge in [0.1, 0.15) is 5.82 Å². The number of carbonyl (C=O) groups is 2. The Labute approximate surface area is 104 Å². The van der Waals surface area contributed by atoms with E-state index in [9.17, 15) is 14.0 Å². The summed E-state index contributed by atoms with van der Waals surface area (Å²) in [6.45, 7) is 2.01. The molecule has 2 amide bonds. The van der Waals surface area contributed by atoms with Crippen LogP contribution in [0.4, 0.5) is 14.9 Å². The van der Waals surface area contributed by atoms with Crippen LogP contribution in [-0.2, 0) is 4.79 Å². The maximum atomic E-state index is 13.3. The molecule has 0 bridgehead atoms. The molecule has 0 unspecified atom stereocenters. The average molecular weight is 254 g/mol. The Morgan fingerprint density at radius 3 is 2.78 bits per heavy atom. The van der Waals surface area contributed by atoms with Crippen molar-refractivity contribution in [3.63, 3.8) is 0 Å².